The minimum atomic E-state index is 0.111. The average Bonchev–Trinajstić information content (AvgIpc) is 3.43. The maximum Gasteiger partial charge on any atom is 0.256 e. The Bertz CT molecular complexity index is 978. The summed E-state index contributed by atoms with van der Waals surface area (Å²) in [4.78, 5) is 28.2. The number of nitrogens with one attached hydrogen (secondary N) is 1. The Balaban J connectivity index is 1.34. The van der Waals surface area contributed by atoms with Crippen LogP contribution in [0.3, 0.4) is 0 Å². The number of fused-ring (bicyclic) bond motifs is 1. The van der Waals surface area contributed by atoms with Crippen LogP contribution in [-0.4, -0.2) is 44.1 Å². The molecule has 2 fully saturated rings. The molecular weight excluding hydrogens is 380 g/mol. The molecule has 2 aromatic heterocycles. The summed E-state index contributed by atoms with van der Waals surface area (Å²) in [5.41, 5.74) is 2.82. The van der Waals surface area contributed by atoms with Crippen molar-refractivity contribution in [3.63, 3.8) is 0 Å². The van der Waals surface area contributed by atoms with Crippen molar-refractivity contribution in [2.24, 2.45) is 0 Å². The van der Waals surface area contributed by atoms with Crippen LogP contribution in [0.2, 0.25) is 0 Å². The number of imidazole rings is 1. The number of carbonyl (C=O) groups excluding carboxylic acids is 1. The molecule has 0 spiro atoms. The molecule has 6 heteroatoms. The van der Waals surface area contributed by atoms with Crippen LogP contribution in [0.5, 0.6) is 0 Å². The summed E-state index contributed by atoms with van der Waals surface area (Å²) in [7, 11) is 0. The molecule has 150 valence electrons. The zero-order chi connectivity index (χ0) is 19.6. The van der Waals surface area contributed by atoms with Gasteiger partial charge in [0.15, 0.2) is 0 Å². The number of thioether (sulfide) groups is 1. The fourth-order valence-corrected chi connectivity index (χ4v) is 5.82. The monoisotopic (exact) mass is 406 g/mol. The second-order valence-electron chi connectivity index (χ2n) is 8.11. The third-order valence-corrected chi connectivity index (χ3v) is 7.44. The van der Waals surface area contributed by atoms with Gasteiger partial charge in [-0.25, -0.2) is 9.97 Å². The van der Waals surface area contributed by atoms with E-state index in [0.29, 0.717) is 11.8 Å². The van der Waals surface area contributed by atoms with Crippen molar-refractivity contribution in [1.29, 1.82) is 0 Å². The molecule has 0 radical (unpaired) electrons. The number of pyridine rings is 1. The summed E-state index contributed by atoms with van der Waals surface area (Å²) < 4.78 is 0. The molecule has 3 heterocycles. The van der Waals surface area contributed by atoms with Gasteiger partial charge in [0.2, 0.25) is 0 Å². The Kier molecular flexibility index (Phi) is 5.27. The molecule has 3 aromatic rings. The van der Waals surface area contributed by atoms with Crippen LogP contribution in [0.4, 0.5) is 0 Å². The van der Waals surface area contributed by atoms with Gasteiger partial charge in [0.25, 0.3) is 5.91 Å². The fraction of sp³-hybridized carbons (Fsp3) is 0.435. The minimum Gasteiger partial charge on any atom is -0.342 e. The van der Waals surface area contributed by atoms with E-state index in [1.54, 1.807) is 11.8 Å². The van der Waals surface area contributed by atoms with Crippen LogP contribution in [0.1, 0.15) is 60.6 Å². The average molecular weight is 407 g/mol. The van der Waals surface area contributed by atoms with E-state index in [4.69, 9.17) is 4.98 Å². The van der Waals surface area contributed by atoms with Gasteiger partial charge in [-0.05, 0) is 49.9 Å². The number of para-hydroxylation sites is 2. The Labute approximate surface area is 175 Å². The Morgan fingerprint density at radius 1 is 1.07 bits per heavy atom. The van der Waals surface area contributed by atoms with Gasteiger partial charge in [0, 0.05) is 30.5 Å². The SMILES string of the molecule is O=C(c1cccnc1SC1CCCC1)N1CCCC(c2nc3ccccc3[nH]2)C1. The number of rotatable bonds is 4. The topological polar surface area (TPSA) is 61.9 Å². The molecule has 1 aliphatic carbocycles. The van der Waals surface area contributed by atoms with Crippen LogP contribution in [0.25, 0.3) is 11.0 Å². The molecule has 5 rings (SSSR count). The third-order valence-electron chi connectivity index (χ3n) is 6.09. The number of aromatic amines is 1. The molecule has 1 amide bonds. The van der Waals surface area contributed by atoms with Crippen molar-refractivity contribution in [3.05, 3.63) is 54.0 Å². The maximum atomic E-state index is 13.4. The van der Waals surface area contributed by atoms with Crippen molar-refractivity contribution in [2.75, 3.05) is 13.1 Å². The summed E-state index contributed by atoms with van der Waals surface area (Å²) in [6, 6.07) is 11.9. The number of H-pyrrole nitrogens is 1. The van der Waals surface area contributed by atoms with Crippen LogP contribution >= 0.6 is 11.8 Å². The van der Waals surface area contributed by atoms with Gasteiger partial charge in [-0.1, -0.05) is 25.0 Å². The van der Waals surface area contributed by atoms with Crippen molar-refractivity contribution in [3.8, 4) is 0 Å². The lowest BCUT2D eigenvalue weighted by Gasteiger charge is -2.32. The van der Waals surface area contributed by atoms with Crippen LogP contribution in [0.15, 0.2) is 47.6 Å². The summed E-state index contributed by atoms with van der Waals surface area (Å²) >= 11 is 1.79. The summed E-state index contributed by atoms with van der Waals surface area (Å²) in [6.07, 6.45) is 8.90. The third kappa shape index (κ3) is 3.90. The minimum absolute atomic E-state index is 0.111. The number of aromatic nitrogens is 3. The first kappa shape index (κ1) is 18.7. The lowest BCUT2D eigenvalue weighted by Crippen LogP contribution is -2.39. The van der Waals surface area contributed by atoms with Gasteiger partial charge in [-0.2, -0.15) is 0 Å². The highest BCUT2D eigenvalue weighted by molar-refractivity contribution is 7.99. The molecule has 1 atom stereocenters. The molecule has 1 aliphatic heterocycles. The lowest BCUT2D eigenvalue weighted by molar-refractivity contribution is 0.0700. The van der Waals surface area contributed by atoms with E-state index in [1.807, 2.05) is 41.4 Å². The second kappa shape index (κ2) is 8.19. The molecule has 2 aliphatic rings. The second-order valence-corrected chi connectivity index (χ2v) is 9.40. The Morgan fingerprint density at radius 3 is 2.79 bits per heavy atom. The number of hydrogen-bond donors (Lipinski definition) is 1. The zero-order valence-corrected chi connectivity index (χ0v) is 17.3. The van der Waals surface area contributed by atoms with Gasteiger partial charge in [0.1, 0.15) is 10.9 Å². The van der Waals surface area contributed by atoms with Crippen molar-refractivity contribution < 1.29 is 4.79 Å². The summed E-state index contributed by atoms with van der Waals surface area (Å²) in [5, 5.41) is 1.50. The number of benzene rings is 1. The van der Waals surface area contributed by atoms with Crippen molar-refractivity contribution >= 4 is 28.7 Å². The highest BCUT2D eigenvalue weighted by atomic mass is 32.2. The highest BCUT2D eigenvalue weighted by Crippen LogP contribution is 2.36. The van der Waals surface area contributed by atoms with Gasteiger partial charge in [0.05, 0.1) is 16.6 Å². The molecule has 1 N–H and O–H groups in total. The van der Waals surface area contributed by atoms with Gasteiger partial charge in [-0.15, -0.1) is 11.8 Å². The standard InChI is InChI=1S/C23H26N4OS/c28-23(18-10-5-13-24-22(18)29-17-8-1-2-9-17)27-14-6-7-16(15-27)21-25-19-11-3-4-12-20(19)26-21/h3-5,10-13,16-17H,1-2,6-9,14-15H2,(H,25,26). The van der Waals surface area contributed by atoms with E-state index < -0.39 is 0 Å². The number of amides is 1. The van der Waals surface area contributed by atoms with Crippen LogP contribution < -0.4 is 0 Å². The molecule has 0 bridgehead atoms. The molecule has 1 unspecified atom stereocenters. The smallest absolute Gasteiger partial charge is 0.256 e. The maximum absolute atomic E-state index is 13.4. The predicted molar refractivity (Wildman–Crippen MR) is 116 cm³/mol. The number of likely N-dealkylation sites (tertiary alicyclic amines) is 1. The molecule has 1 saturated carbocycles. The molecule has 1 saturated heterocycles. The fourth-order valence-electron chi connectivity index (χ4n) is 4.53. The first-order valence-electron chi connectivity index (χ1n) is 10.6. The Hall–Kier alpha value is -2.34. The van der Waals surface area contributed by atoms with Gasteiger partial charge < -0.3 is 9.88 Å². The van der Waals surface area contributed by atoms with Crippen LogP contribution in [0, 0.1) is 0 Å². The normalized spacial score (nSPS) is 20.4. The largest absolute Gasteiger partial charge is 0.342 e. The quantitative estimate of drug-likeness (QED) is 0.661. The summed E-state index contributed by atoms with van der Waals surface area (Å²) in [5.74, 6) is 1.36. The number of carbonyl (C=O) groups is 1. The predicted octanol–water partition coefficient (Wildman–Crippen LogP) is 5.01. The van der Waals surface area contributed by atoms with Gasteiger partial charge >= 0.3 is 0 Å². The van der Waals surface area contributed by atoms with Crippen molar-refractivity contribution in [2.45, 2.75) is 54.7 Å². The number of hydrogen-bond acceptors (Lipinski definition) is 4. The van der Waals surface area contributed by atoms with E-state index >= 15 is 0 Å². The van der Waals surface area contributed by atoms with E-state index in [2.05, 4.69) is 16.0 Å². The van der Waals surface area contributed by atoms with Crippen LogP contribution in [-0.2, 0) is 0 Å². The summed E-state index contributed by atoms with van der Waals surface area (Å²) in [6.45, 7) is 1.51. The molecule has 5 nitrogen and oxygen atoms in total. The lowest BCUT2D eigenvalue weighted by atomic mass is 9.97. The zero-order valence-electron chi connectivity index (χ0n) is 16.5. The van der Waals surface area contributed by atoms with E-state index in [1.165, 1.54) is 25.7 Å². The van der Waals surface area contributed by atoms with E-state index in [0.717, 1.165) is 46.8 Å². The number of nitrogens with zero attached hydrogens (tertiary/aromatic N) is 3. The van der Waals surface area contributed by atoms with E-state index in [9.17, 15) is 4.79 Å². The van der Waals surface area contributed by atoms with Gasteiger partial charge in [-0.3, -0.25) is 4.79 Å². The number of piperidine rings is 1. The van der Waals surface area contributed by atoms with Crippen molar-refractivity contribution in [1.82, 2.24) is 19.9 Å². The van der Waals surface area contributed by atoms with E-state index in [-0.39, 0.29) is 11.8 Å². The molecule has 29 heavy (non-hydrogen) atoms. The molecular formula is C23H26N4OS. The molecule has 1 aromatic carbocycles. The first-order chi connectivity index (χ1) is 14.3. The highest BCUT2D eigenvalue weighted by Gasteiger charge is 2.29. The Morgan fingerprint density at radius 2 is 1.93 bits per heavy atom. The first-order valence-corrected chi connectivity index (χ1v) is 11.5.